The van der Waals surface area contributed by atoms with Gasteiger partial charge in [0.05, 0.1) is 13.2 Å². The Morgan fingerprint density at radius 2 is 1.88 bits per heavy atom. The molecule has 2 rings (SSSR count). The molecule has 0 fully saturated rings. The molecule has 0 spiro atoms. The minimum Gasteiger partial charge on any atom is -0.494 e. The maximum Gasteiger partial charge on any atom is 0.191 e. The molecule has 0 amide bonds. The molecule has 0 saturated heterocycles. The first-order chi connectivity index (χ1) is 11.9. The SMILES string of the molecule is CN=C(NCc1cc(F)ccc1F)NC(C)c1ccc(OC)c(F)c1. The van der Waals surface area contributed by atoms with Crippen LogP contribution in [0, 0.1) is 17.5 Å². The van der Waals surface area contributed by atoms with E-state index in [1.54, 1.807) is 19.2 Å². The van der Waals surface area contributed by atoms with E-state index in [1.165, 1.54) is 13.2 Å². The number of guanidine groups is 1. The minimum atomic E-state index is -0.511. The average Bonchev–Trinajstić information content (AvgIpc) is 2.60. The van der Waals surface area contributed by atoms with Crippen LogP contribution in [0.3, 0.4) is 0 Å². The van der Waals surface area contributed by atoms with Gasteiger partial charge < -0.3 is 15.4 Å². The maximum atomic E-state index is 13.8. The summed E-state index contributed by atoms with van der Waals surface area (Å²) >= 11 is 0. The van der Waals surface area contributed by atoms with Crippen LogP contribution in [0.5, 0.6) is 5.75 Å². The van der Waals surface area contributed by atoms with Crippen LogP contribution >= 0.6 is 0 Å². The van der Waals surface area contributed by atoms with E-state index in [2.05, 4.69) is 15.6 Å². The number of nitrogens with one attached hydrogen (secondary N) is 2. The van der Waals surface area contributed by atoms with Gasteiger partial charge >= 0.3 is 0 Å². The summed E-state index contributed by atoms with van der Waals surface area (Å²) in [4.78, 5) is 4.04. The monoisotopic (exact) mass is 351 g/mol. The summed E-state index contributed by atoms with van der Waals surface area (Å²) < 4.78 is 45.5. The first-order valence-electron chi connectivity index (χ1n) is 7.69. The number of nitrogens with zero attached hydrogens (tertiary/aromatic N) is 1. The lowest BCUT2D eigenvalue weighted by molar-refractivity contribution is 0.386. The van der Waals surface area contributed by atoms with Crippen LogP contribution in [0.2, 0.25) is 0 Å². The standard InChI is InChI=1S/C18H20F3N3O/c1-11(12-4-7-17(25-3)16(21)9-12)24-18(22-2)23-10-13-8-14(19)5-6-15(13)20/h4-9,11H,10H2,1-3H3,(H2,22,23,24). The number of aliphatic imine (C=N–C) groups is 1. The Hall–Kier alpha value is -2.70. The van der Waals surface area contributed by atoms with E-state index in [9.17, 15) is 13.2 Å². The quantitative estimate of drug-likeness (QED) is 0.640. The van der Waals surface area contributed by atoms with Crippen molar-refractivity contribution >= 4 is 5.96 Å². The number of ether oxygens (including phenoxy) is 1. The van der Waals surface area contributed by atoms with Gasteiger partial charge in [-0.15, -0.1) is 0 Å². The molecule has 134 valence electrons. The number of halogens is 3. The number of hydrogen-bond acceptors (Lipinski definition) is 2. The highest BCUT2D eigenvalue weighted by Crippen LogP contribution is 2.21. The molecule has 2 N–H and O–H groups in total. The largest absolute Gasteiger partial charge is 0.494 e. The van der Waals surface area contributed by atoms with Crippen molar-refractivity contribution in [2.75, 3.05) is 14.2 Å². The van der Waals surface area contributed by atoms with Gasteiger partial charge in [0, 0.05) is 19.2 Å². The highest BCUT2D eigenvalue weighted by molar-refractivity contribution is 5.80. The lowest BCUT2D eigenvalue weighted by Gasteiger charge is -2.19. The van der Waals surface area contributed by atoms with Crippen molar-refractivity contribution in [2.45, 2.75) is 19.5 Å². The van der Waals surface area contributed by atoms with E-state index in [0.29, 0.717) is 11.5 Å². The molecule has 0 bridgehead atoms. The Morgan fingerprint density at radius 3 is 2.52 bits per heavy atom. The molecule has 0 radical (unpaired) electrons. The van der Waals surface area contributed by atoms with Crippen molar-refractivity contribution in [3.63, 3.8) is 0 Å². The normalized spacial score (nSPS) is 12.6. The van der Waals surface area contributed by atoms with Gasteiger partial charge in [0.1, 0.15) is 11.6 Å². The summed E-state index contributed by atoms with van der Waals surface area (Å²) in [6.45, 7) is 1.89. The van der Waals surface area contributed by atoms with E-state index in [1.807, 2.05) is 6.92 Å². The second-order valence-corrected chi connectivity index (χ2v) is 5.42. The minimum absolute atomic E-state index is 0.0625. The van der Waals surface area contributed by atoms with Crippen LogP contribution in [0.15, 0.2) is 41.4 Å². The molecule has 1 atom stereocenters. The summed E-state index contributed by atoms with van der Waals surface area (Å²) in [5.74, 6) is -0.927. The van der Waals surface area contributed by atoms with Gasteiger partial charge in [-0.1, -0.05) is 6.07 Å². The fourth-order valence-corrected chi connectivity index (χ4v) is 2.29. The van der Waals surface area contributed by atoms with Gasteiger partial charge in [-0.05, 0) is 42.8 Å². The Labute approximate surface area is 144 Å². The molecule has 2 aromatic rings. The fraction of sp³-hybridized carbons (Fsp3) is 0.278. The third-order valence-electron chi connectivity index (χ3n) is 3.71. The Balaban J connectivity index is 2.01. The van der Waals surface area contributed by atoms with E-state index in [0.717, 1.165) is 18.2 Å². The molecule has 0 aromatic heterocycles. The van der Waals surface area contributed by atoms with E-state index >= 15 is 0 Å². The number of rotatable bonds is 5. The topological polar surface area (TPSA) is 45.7 Å². The predicted octanol–water partition coefficient (Wildman–Crippen LogP) is 3.54. The van der Waals surface area contributed by atoms with E-state index in [-0.39, 0.29) is 23.9 Å². The molecule has 0 aliphatic carbocycles. The zero-order valence-electron chi connectivity index (χ0n) is 14.2. The lowest BCUT2D eigenvalue weighted by Crippen LogP contribution is -2.38. The first kappa shape index (κ1) is 18.6. The summed E-state index contributed by atoms with van der Waals surface area (Å²) in [6.07, 6.45) is 0. The van der Waals surface area contributed by atoms with Crippen LogP contribution < -0.4 is 15.4 Å². The summed E-state index contributed by atoms with van der Waals surface area (Å²) in [6, 6.07) is 7.65. The zero-order valence-corrected chi connectivity index (χ0v) is 14.2. The van der Waals surface area contributed by atoms with Crippen LogP contribution in [0.1, 0.15) is 24.1 Å². The maximum absolute atomic E-state index is 13.8. The van der Waals surface area contributed by atoms with Crippen molar-refractivity contribution < 1.29 is 17.9 Å². The average molecular weight is 351 g/mol. The lowest BCUT2D eigenvalue weighted by atomic mass is 10.1. The van der Waals surface area contributed by atoms with Crippen LogP contribution in [0.4, 0.5) is 13.2 Å². The van der Waals surface area contributed by atoms with Crippen molar-refractivity contribution in [3.8, 4) is 5.75 Å². The molecule has 1 unspecified atom stereocenters. The predicted molar refractivity (Wildman–Crippen MR) is 91.1 cm³/mol. The molecule has 2 aromatic carbocycles. The molecular weight excluding hydrogens is 331 g/mol. The van der Waals surface area contributed by atoms with Crippen LogP contribution in [0.25, 0.3) is 0 Å². The van der Waals surface area contributed by atoms with Crippen LogP contribution in [-0.2, 0) is 6.54 Å². The van der Waals surface area contributed by atoms with Gasteiger partial charge in [-0.25, -0.2) is 13.2 Å². The first-order valence-corrected chi connectivity index (χ1v) is 7.69. The van der Waals surface area contributed by atoms with Crippen molar-refractivity contribution in [3.05, 3.63) is 65.0 Å². The Kier molecular flexibility index (Phi) is 6.27. The highest BCUT2D eigenvalue weighted by atomic mass is 19.1. The molecule has 0 saturated carbocycles. The van der Waals surface area contributed by atoms with Gasteiger partial charge in [0.25, 0.3) is 0 Å². The van der Waals surface area contributed by atoms with Gasteiger partial charge in [-0.3, -0.25) is 4.99 Å². The molecule has 4 nitrogen and oxygen atoms in total. The van der Waals surface area contributed by atoms with Gasteiger partial charge in [0.2, 0.25) is 0 Å². The van der Waals surface area contributed by atoms with Crippen molar-refractivity contribution in [2.24, 2.45) is 4.99 Å². The second kappa shape index (κ2) is 8.41. The van der Waals surface area contributed by atoms with Crippen LogP contribution in [-0.4, -0.2) is 20.1 Å². The number of methoxy groups -OCH3 is 1. The molecule has 7 heteroatoms. The highest BCUT2D eigenvalue weighted by Gasteiger charge is 2.12. The molecule has 0 aliphatic heterocycles. The van der Waals surface area contributed by atoms with Crippen molar-refractivity contribution in [1.29, 1.82) is 0 Å². The fourth-order valence-electron chi connectivity index (χ4n) is 2.29. The third-order valence-corrected chi connectivity index (χ3v) is 3.71. The van der Waals surface area contributed by atoms with E-state index in [4.69, 9.17) is 4.74 Å². The summed E-state index contributed by atoms with van der Waals surface area (Å²) in [5.41, 5.74) is 0.879. The van der Waals surface area contributed by atoms with E-state index < -0.39 is 17.5 Å². The number of benzene rings is 2. The van der Waals surface area contributed by atoms with Crippen molar-refractivity contribution in [1.82, 2.24) is 10.6 Å². The molecule has 25 heavy (non-hydrogen) atoms. The Bertz CT molecular complexity index is 765. The summed E-state index contributed by atoms with van der Waals surface area (Å²) in [7, 11) is 2.95. The number of hydrogen-bond donors (Lipinski definition) is 2. The zero-order chi connectivity index (χ0) is 18.4. The van der Waals surface area contributed by atoms with Gasteiger partial charge in [-0.2, -0.15) is 0 Å². The summed E-state index contributed by atoms with van der Waals surface area (Å²) in [5, 5.41) is 5.97. The molecule has 0 heterocycles. The molecular formula is C18H20F3N3O. The third kappa shape index (κ3) is 4.89. The Morgan fingerprint density at radius 1 is 1.12 bits per heavy atom. The molecule has 0 aliphatic rings. The second-order valence-electron chi connectivity index (χ2n) is 5.42. The van der Waals surface area contributed by atoms with Gasteiger partial charge in [0.15, 0.2) is 17.5 Å². The smallest absolute Gasteiger partial charge is 0.191 e.